The van der Waals surface area contributed by atoms with Crippen LogP contribution in [0.5, 0.6) is 0 Å². The van der Waals surface area contributed by atoms with Gasteiger partial charge in [0.05, 0.1) is 6.26 Å². The molecule has 2 rings (SSSR count). The number of carbonyl (C=O) groups is 1. The van der Waals surface area contributed by atoms with Crippen molar-refractivity contribution in [3.8, 4) is 0 Å². The standard InChI is InChI=1S/C11H14N2O3S/c1-13-10-5-4-9(12-17(2,15)16)7-8(10)3-6-11(13)14/h4-5,7,12H,3,6H2,1-2H3. The molecule has 1 aromatic carbocycles. The molecule has 0 fully saturated rings. The maximum atomic E-state index is 11.5. The van der Waals surface area contributed by atoms with E-state index < -0.39 is 10.0 Å². The predicted molar refractivity (Wildman–Crippen MR) is 66.6 cm³/mol. The van der Waals surface area contributed by atoms with Crippen LogP contribution >= 0.6 is 0 Å². The highest BCUT2D eigenvalue weighted by Gasteiger charge is 2.20. The van der Waals surface area contributed by atoms with Crippen molar-refractivity contribution in [2.75, 3.05) is 22.9 Å². The summed E-state index contributed by atoms with van der Waals surface area (Å²) in [5.41, 5.74) is 2.37. The molecule has 1 N–H and O–H groups in total. The molecule has 1 aromatic rings. The van der Waals surface area contributed by atoms with E-state index in [1.807, 2.05) is 0 Å². The van der Waals surface area contributed by atoms with Crippen LogP contribution in [-0.2, 0) is 21.2 Å². The van der Waals surface area contributed by atoms with E-state index in [9.17, 15) is 13.2 Å². The molecule has 1 aliphatic heterocycles. The van der Waals surface area contributed by atoms with Gasteiger partial charge >= 0.3 is 0 Å². The van der Waals surface area contributed by atoms with E-state index in [4.69, 9.17) is 0 Å². The summed E-state index contributed by atoms with van der Waals surface area (Å²) in [4.78, 5) is 13.1. The molecular formula is C11H14N2O3S. The predicted octanol–water partition coefficient (Wildman–Crippen LogP) is 0.967. The highest BCUT2D eigenvalue weighted by molar-refractivity contribution is 7.92. The van der Waals surface area contributed by atoms with Gasteiger partial charge in [-0.2, -0.15) is 0 Å². The number of carbonyl (C=O) groups excluding carboxylic acids is 1. The average Bonchev–Trinajstić information content (AvgIpc) is 2.21. The second kappa shape index (κ2) is 4.03. The third-order valence-electron chi connectivity index (χ3n) is 2.73. The lowest BCUT2D eigenvalue weighted by atomic mass is 10.0. The normalized spacial score (nSPS) is 15.6. The minimum atomic E-state index is -3.26. The van der Waals surface area contributed by atoms with Gasteiger partial charge in [0.2, 0.25) is 15.9 Å². The number of hydrogen-bond acceptors (Lipinski definition) is 3. The van der Waals surface area contributed by atoms with Gasteiger partial charge < -0.3 is 4.90 Å². The topological polar surface area (TPSA) is 66.5 Å². The first-order valence-corrected chi connectivity index (χ1v) is 7.13. The van der Waals surface area contributed by atoms with Crippen LogP contribution < -0.4 is 9.62 Å². The zero-order chi connectivity index (χ0) is 12.6. The number of fused-ring (bicyclic) bond motifs is 1. The van der Waals surface area contributed by atoms with Gasteiger partial charge in [-0.1, -0.05) is 0 Å². The number of rotatable bonds is 2. The maximum Gasteiger partial charge on any atom is 0.229 e. The number of nitrogens with one attached hydrogen (secondary N) is 1. The summed E-state index contributed by atoms with van der Waals surface area (Å²) in [5.74, 6) is 0.0846. The van der Waals surface area contributed by atoms with Crippen molar-refractivity contribution < 1.29 is 13.2 Å². The quantitative estimate of drug-likeness (QED) is 0.855. The Labute approximate surface area is 100 Å². The highest BCUT2D eigenvalue weighted by Crippen LogP contribution is 2.29. The number of sulfonamides is 1. The van der Waals surface area contributed by atoms with Crippen molar-refractivity contribution in [3.05, 3.63) is 23.8 Å². The molecule has 0 aromatic heterocycles. The first-order valence-electron chi connectivity index (χ1n) is 5.24. The molecule has 1 heterocycles. The van der Waals surface area contributed by atoms with E-state index in [1.54, 1.807) is 30.1 Å². The van der Waals surface area contributed by atoms with Gasteiger partial charge in [-0.05, 0) is 30.2 Å². The first kappa shape index (κ1) is 11.9. The Morgan fingerprint density at radius 2 is 2.00 bits per heavy atom. The van der Waals surface area contributed by atoms with Crippen LogP contribution in [0.4, 0.5) is 11.4 Å². The molecule has 0 radical (unpaired) electrons. The molecule has 0 bridgehead atoms. The van der Waals surface area contributed by atoms with Gasteiger partial charge in [0.1, 0.15) is 0 Å². The van der Waals surface area contributed by atoms with Crippen LogP contribution in [-0.4, -0.2) is 27.6 Å². The molecule has 17 heavy (non-hydrogen) atoms. The smallest absolute Gasteiger partial charge is 0.229 e. The van der Waals surface area contributed by atoms with Gasteiger partial charge in [-0.3, -0.25) is 9.52 Å². The molecule has 0 aliphatic carbocycles. The van der Waals surface area contributed by atoms with Crippen molar-refractivity contribution in [1.29, 1.82) is 0 Å². The molecular weight excluding hydrogens is 240 g/mol. The molecule has 0 atom stereocenters. The van der Waals surface area contributed by atoms with Gasteiger partial charge in [0.25, 0.3) is 0 Å². The van der Waals surface area contributed by atoms with Crippen molar-refractivity contribution in [3.63, 3.8) is 0 Å². The summed E-state index contributed by atoms with van der Waals surface area (Å²) in [7, 11) is -1.53. The van der Waals surface area contributed by atoms with Crippen LogP contribution in [0.2, 0.25) is 0 Å². The Hall–Kier alpha value is -1.56. The number of nitrogens with zero attached hydrogens (tertiary/aromatic N) is 1. The van der Waals surface area contributed by atoms with E-state index in [2.05, 4.69) is 4.72 Å². The minimum absolute atomic E-state index is 0.0846. The minimum Gasteiger partial charge on any atom is -0.315 e. The van der Waals surface area contributed by atoms with E-state index in [0.29, 0.717) is 18.5 Å². The Kier molecular flexibility index (Phi) is 2.82. The molecule has 5 nitrogen and oxygen atoms in total. The van der Waals surface area contributed by atoms with Crippen molar-refractivity contribution >= 4 is 27.3 Å². The fourth-order valence-electron chi connectivity index (χ4n) is 1.93. The number of aryl methyl sites for hydroxylation is 1. The fraction of sp³-hybridized carbons (Fsp3) is 0.364. The van der Waals surface area contributed by atoms with Crippen molar-refractivity contribution in [1.82, 2.24) is 0 Å². The summed E-state index contributed by atoms with van der Waals surface area (Å²) in [6.07, 6.45) is 2.23. The van der Waals surface area contributed by atoms with E-state index >= 15 is 0 Å². The highest BCUT2D eigenvalue weighted by atomic mass is 32.2. The summed E-state index contributed by atoms with van der Waals surface area (Å²) >= 11 is 0. The second-order valence-corrected chi connectivity index (χ2v) is 5.92. The Bertz CT molecular complexity index is 566. The molecule has 6 heteroatoms. The zero-order valence-corrected chi connectivity index (χ0v) is 10.5. The lowest BCUT2D eigenvalue weighted by molar-refractivity contribution is -0.118. The monoisotopic (exact) mass is 254 g/mol. The summed E-state index contributed by atoms with van der Waals surface area (Å²) in [5, 5.41) is 0. The maximum absolute atomic E-state index is 11.5. The average molecular weight is 254 g/mol. The molecule has 0 unspecified atom stereocenters. The third-order valence-corrected chi connectivity index (χ3v) is 3.33. The van der Waals surface area contributed by atoms with Crippen LogP contribution in [0.3, 0.4) is 0 Å². The second-order valence-electron chi connectivity index (χ2n) is 4.17. The van der Waals surface area contributed by atoms with E-state index in [0.717, 1.165) is 17.5 Å². The molecule has 0 spiro atoms. The number of hydrogen-bond donors (Lipinski definition) is 1. The van der Waals surface area contributed by atoms with Gasteiger partial charge in [0.15, 0.2) is 0 Å². The number of amides is 1. The van der Waals surface area contributed by atoms with Gasteiger partial charge in [-0.25, -0.2) is 8.42 Å². The van der Waals surface area contributed by atoms with Crippen LogP contribution in [0.15, 0.2) is 18.2 Å². The Morgan fingerprint density at radius 1 is 1.29 bits per heavy atom. The van der Waals surface area contributed by atoms with Crippen molar-refractivity contribution in [2.45, 2.75) is 12.8 Å². The lowest BCUT2D eigenvalue weighted by Crippen LogP contribution is -2.31. The van der Waals surface area contributed by atoms with Crippen LogP contribution in [0.1, 0.15) is 12.0 Å². The Balaban J connectivity index is 2.36. The summed E-state index contributed by atoms with van der Waals surface area (Å²) in [6.45, 7) is 0. The van der Waals surface area contributed by atoms with Crippen molar-refractivity contribution in [2.24, 2.45) is 0 Å². The lowest BCUT2D eigenvalue weighted by Gasteiger charge is -2.26. The molecule has 1 aliphatic rings. The molecule has 0 saturated heterocycles. The molecule has 1 amide bonds. The molecule has 92 valence electrons. The van der Waals surface area contributed by atoms with Crippen LogP contribution in [0, 0.1) is 0 Å². The first-order chi connectivity index (χ1) is 7.87. The largest absolute Gasteiger partial charge is 0.315 e. The summed E-state index contributed by atoms with van der Waals surface area (Å²) in [6, 6.07) is 5.20. The fourth-order valence-corrected chi connectivity index (χ4v) is 2.49. The summed E-state index contributed by atoms with van der Waals surface area (Å²) < 4.78 is 24.6. The van der Waals surface area contributed by atoms with E-state index in [-0.39, 0.29) is 5.91 Å². The van der Waals surface area contributed by atoms with Gasteiger partial charge in [-0.15, -0.1) is 0 Å². The zero-order valence-electron chi connectivity index (χ0n) is 9.73. The van der Waals surface area contributed by atoms with Gasteiger partial charge in [0, 0.05) is 24.8 Å². The van der Waals surface area contributed by atoms with Crippen LogP contribution in [0.25, 0.3) is 0 Å². The number of anilines is 2. The molecule has 0 saturated carbocycles. The third kappa shape index (κ3) is 2.58. The van der Waals surface area contributed by atoms with E-state index in [1.165, 1.54) is 0 Å². The number of benzene rings is 1. The Morgan fingerprint density at radius 3 is 2.65 bits per heavy atom. The SMILES string of the molecule is CN1C(=O)CCc2cc(NS(C)(=O)=O)ccc21.